The van der Waals surface area contributed by atoms with E-state index in [-0.39, 0.29) is 0 Å². The third kappa shape index (κ3) is 2.97. The number of phenolic OH excluding ortho intramolecular Hbond substituents is 1. The van der Waals surface area contributed by atoms with Gasteiger partial charge >= 0.3 is 0 Å². The zero-order chi connectivity index (χ0) is 12.1. The van der Waals surface area contributed by atoms with Crippen molar-refractivity contribution in [1.82, 2.24) is 0 Å². The Kier molecular flexibility index (Phi) is 3.61. The van der Waals surface area contributed by atoms with Crippen LogP contribution < -0.4 is 0 Å². The molecule has 0 unspecified atom stereocenters. The van der Waals surface area contributed by atoms with E-state index >= 15 is 0 Å². The van der Waals surface area contributed by atoms with Crippen molar-refractivity contribution in [2.75, 3.05) is 0 Å². The van der Waals surface area contributed by atoms with Crippen LogP contribution in [0.25, 0.3) is 11.6 Å². The van der Waals surface area contributed by atoms with Crippen LogP contribution in [0.2, 0.25) is 0 Å². The molecule has 1 N–H and O–H groups in total. The molecule has 0 saturated heterocycles. The van der Waals surface area contributed by atoms with Crippen molar-refractivity contribution in [3.05, 3.63) is 65.7 Å². The number of hydrogen-bond acceptors (Lipinski definition) is 1. The topological polar surface area (TPSA) is 20.2 Å². The molecule has 0 spiro atoms. The molecule has 1 heteroatoms. The molecule has 2 aromatic rings. The quantitative estimate of drug-likeness (QED) is 0.769. The maximum atomic E-state index is 9.24. The summed E-state index contributed by atoms with van der Waals surface area (Å²) in [6.07, 6.45) is 3.15. The smallest absolute Gasteiger partial charge is 0.115 e. The van der Waals surface area contributed by atoms with Gasteiger partial charge in [-0.25, -0.2) is 0 Å². The summed E-state index contributed by atoms with van der Waals surface area (Å²) in [7, 11) is 0. The van der Waals surface area contributed by atoms with Gasteiger partial charge in [0.1, 0.15) is 5.75 Å². The molecule has 0 saturated carbocycles. The van der Waals surface area contributed by atoms with Gasteiger partial charge in [0.05, 0.1) is 0 Å². The molecule has 0 fully saturated rings. The molecule has 2 aromatic carbocycles. The highest BCUT2D eigenvalue weighted by Crippen LogP contribution is 2.22. The summed E-state index contributed by atoms with van der Waals surface area (Å²) in [5, 5.41) is 9.24. The van der Waals surface area contributed by atoms with Crippen molar-refractivity contribution in [3.8, 4) is 5.75 Å². The lowest BCUT2D eigenvalue weighted by molar-refractivity contribution is 0.475. The lowest BCUT2D eigenvalue weighted by Gasteiger charge is -2.05. The van der Waals surface area contributed by atoms with E-state index in [2.05, 4.69) is 37.3 Å². The monoisotopic (exact) mass is 224 g/mol. The number of allylic oxidation sites excluding steroid dienone is 1. The van der Waals surface area contributed by atoms with Gasteiger partial charge in [0.2, 0.25) is 0 Å². The zero-order valence-corrected chi connectivity index (χ0v) is 9.93. The van der Waals surface area contributed by atoms with Crippen LogP contribution in [0.4, 0.5) is 0 Å². The van der Waals surface area contributed by atoms with Gasteiger partial charge in [0.15, 0.2) is 0 Å². The molecule has 0 atom stereocenters. The number of benzene rings is 2. The second-order valence-corrected chi connectivity index (χ2v) is 3.98. The predicted octanol–water partition coefficient (Wildman–Crippen LogP) is 4.34. The Hall–Kier alpha value is -2.02. The fourth-order valence-corrected chi connectivity index (χ4v) is 1.81. The zero-order valence-electron chi connectivity index (χ0n) is 9.93. The summed E-state index contributed by atoms with van der Waals surface area (Å²) in [5.74, 6) is 0.305. The molecule has 0 heterocycles. The van der Waals surface area contributed by atoms with E-state index in [1.165, 1.54) is 11.1 Å². The van der Waals surface area contributed by atoms with Crippen LogP contribution in [0.15, 0.2) is 54.6 Å². The van der Waals surface area contributed by atoms with Crippen LogP contribution in [-0.4, -0.2) is 5.11 Å². The Labute approximate surface area is 102 Å². The largest absolute Gasteiger partial charge is 0.508 e. The van der Waals surface area contributed by atoms with E-state index in [0.29, 0.717) is 5.75 Å². The highest BCUT2D eigenvalue weighted by Gasteiger charge is 1.98. The highest BCUT2D eigenvalue weighted by atomic mass is 16.3. The van der Waals surface area contributed by atoms with Gasteiger partial charge in [-0.05, 0) is 35.3 Å². The third-order valence-corrected chi connectivity index (χ3v) is 2.76. The SMILES string of the molecule is CC/C(=C/c1ccc(O)cc1)c1ccccc1. The van der Waals surface area contributed by atoms with E-state index in [9.17, 15) is 5.11 Å². The molecule has 2 rings (SSSR count). The Balaban J connectivity index is 2.33. The molecule has 0 radical (unpaired) electrons. The first-order chi connectivity index (χ1) is 8.29. The number of phenols is 1. The summed E-state index contributed by atoms with van der Waals surface area (Å²) in [4.78, 5) is 0. The first kappa shape index (κ1) is 11.5. The number of hydrogen-bond donors (Lipinski definition) is 1. The van der Waals surface area contributed by atoms with Crippen LogP contribution in [0.3, 0.4) is 0 Å². The summed E-state index contributed by atoms with van der Waals surface area (Å²) in [6, 6.07) is 17.6. The second-order valence-electron chi connectivity index (χ2n) is 3.98. The van der Waals surface area contributed by atoms with Crippen molar-refractivity contribution in [2.45, 2.75) is 13.3 Å². The van der Waals surface area contributed by atoms with Crippen LogP contribution in [-0.2, 0) is 0 Å². The maximum absolute atomic E-state index is 9.24. The molecule has 0 aliphatic heterocycles. The fraction of sp³-hybridized carbons (Fsp3) is 0.125. The molecule has 0 aliphatic rings. The Morgan fingerprint density at radius 1 is 1.00 bits per heavy atom. The minimum Gasteiger partial charge on any atom is -0.508 e. The first-order valence-corrected chi connectivity index (χ1v) is 5.84. The summed E-state index contributed by atoms with van der Waals surface area (Å²) in [5.41, 5.74) is 3.67. The average molecular weight is 224 g/mol. The van der Waals surface area contributed by atoms with Gasteiger partial charge in [-0.15, -0.1) is 0 Å². The fourth-order valence-electron chi connectivity index (χ4n) is 1.81. The van der Waals surface area contributed by atoms with Gasteiger partial charge in [0, 0.05) is 0 Å². The van der Waals surface area contributed by atoms with E-state index < -0.39 is 0 Å². The van der Waals surface area contributed by atoms with Gasteiger partial charge in [0.25, 0.3) is 0 Å². The lowest BCUT2D eigenvalue weighted by Crippen LogP contribution is -1.82. The average Bonchev–Trinajstić information content (AvgIpc) is 2.39. The lowest BCUT2D eigenvalue weighted by atomic mass is 10.0. The Morgan fingerprint density at radius 2 is 1.65 bits per heavy atom. The van der Waals surface area contributed by atoms with E-state index in [0.717, 1.165) is 12.0 Å². The van der Waals surface area contributed by atoms with Crippen LogP contribution in [0.1, 0.15) is 24.5 Å². The second kappa shape index (κ2) is 5.35. The molecule has 17 heavy (non-hydrogen) atoms. The number of rotatable bonds is 3. The van der Waals surface area contributed by atoms with Crippen molar-refractivity contribution < 1.29 is 5.11 Å². The van der Waals surface area contributed by atoms with Gasteiger partial charge in [-0.3, -0.25) is 0 Å². The van der Waals surface area contributed by atoms with Gasteiger partial charge < -0.3 is 5.11 Å². The molecule has 0 aromatic heterocycles. The standard InChI is InChI=1S/C16H16O/c1-2-14(15-6-4-3-5-7-15)12-13-8-10-16(17)11-9-13/h3-12,17H,2H2,1H3/b14-12-. The van der Waals surface area contributed by atoms with E-state index in [1.54, 1.807) is 12.1 Å². The van der Waals surface area contributed by atoms with Crippen molar-refractivity contribution in [3.63, 3.8) is 0 Å². The van der Waals surface area contributed by atoms with Crippen molar-refractivity contribution in [1.29, 1.82) is 0 Å². The molecule has 0 bridgehead atoms. The van der Waals surface area contributed by atoms with E-state index in [1.807, 2.05) is 18.2 Å². The molecule has 1 nitrogen and oxygen atoms in total. The summed E-state index contributed by atoms with van der Waals surface area (Å²) < 4.78 is 0. The third-order valence-electron chi connectivity index (χ3n) is 2.76. The highest BCUT2D eigenvalue weighted by molar-refractivity contribution is 5.81. The molecule has 0 aliphatic carbocycles. The van der Waals surface area contributed by atoms with Crippen molar-refractivity contribution >= 4 is 11.6 Å². The summed E-state index contributed by atoms with van der Waals surface area (Å²) in [6.45, 7) is 2.15. The Bertz CT molecular complexity index is 495. The molecule has 0 amide bonds. The normalized spacial score (nSPS) is 11.5. The van der Waals surface area contributed by atoms with Crippen molar-refractivity contribution in [2.24, 2.45) is 0 Å². The molecule has 86 valence electrons. The first-order valence-electron chi connectivity index (χ1n) is 5.84. The van der Waals surface area contributed by atoms with Crippen LogP contribution in [0, 0.1) is 0 Å². The van der Waals surface area contributed by atoms with E-state index in [4.69, 9.17) is 0 Å². The van der Waals surface area contributed by atoms with Crippen LogP contribution >= 0.6 is 0 Å². The molecular formula is C16H16O. The maximum Gasteiger partial charge on any atom is 0.115 e. The number of aromatic hydroxyl groups is 1. The molecular weight excluding hydrogens is 208 g/mol. The predicted molar refractivity (Wildman–Crippen MR) is 72.7 cm³/mol. The van der Waals surface area contributed by atoms with Gasteiger partial charge in [-0.1, -0.05) is 55.5 Å². The summed E-state index contributed by atoms with van der Waals surface area (Å²) >= 11 is 0. The van der Waals surface area contributed by atoms with Crippen LogP contribution in [0.5, 0.6) is 5.75 Å². The Morgan fingerprint density at radius 3 is 2.24 bits per heavy atom. The minimum absolute atomic E-state index is 0.305. The minimum atomic E-state index is 0.305. The van der Waals surface area contributed by atoms with Gasteiger partial charge in [-0.2, -0.15) is 0 Å².